The summed E-state index contributed by atoms with van der Waals surface area (Å²) >= 11 is 0. The van der Waals surface area contributed by atoms with Crippen LogP contribution in [0.25, 0.3) is 10.8 Å². The fourth-order valence-electron chi connectivity index (χ4n) is 4.37. The first-order valence-electron chi connectivity index (χ1n) is 9.73. The summed E-state index contributed by atoms with van der Waals surface area (Å²) in [6, 6.07) is 22.9. The molecule has 26 heavy (non-hydrogen) atoms. The Hall–Kier alpha value is -2.16. The molecule has 1 fully saturated rings. The van der Waals surface area contributed by atoms with Crippen LogP contribution in [0.4, 0.5) is 0 Å². The van der Waals surface area contributed by atoms with Gasteiger partial charge in [0.2, 0.25) is 0 Å². The summed E-state index contributed by atoms with van der Waals surface area (Å²) in [4.78, 5) is 2.66. The minimum absolute atomic E-state index is 0.305. The molecule has 3 aromatic carbocycles. The topological polar surface area (TPSA) is 15.3 Å². The van der Waals surface area contributed by atoms with Gasteiger partial charge in [-0.1, -0.05) is 71.8 Å². The third-order valence-electron chi connectivity index (χ3n) is 5.42. The Morgan fingerprint density at radius 3 is 2.46 bits per heavy atom. The number of fused-ring (bicyclic) bond motifs is 1. The second kappa shape index (κ2) is 7.61. The fraction of sp³-hybridized carbons (Fsp3) is 0.333. The molecule has 1 heterocycles. The maximum Gasteiger partial charge on any atom is 0.0608 e. The minimum atomic E-state index is 0.305. The highest BCUT2D eigenvalue weighted by atomic mass is 15.2. The lowest BCUT2D eigenvalue weighted by Gasteiger charge is -2.32. The second-order valence-electron chi connectivity index (χ2n) is 7.53. The van der Waals surface area contributed by atoms with Gasteiger partial charge in [-0.05, 0) is 48.7 Å². The summed E-state index contributed by atoms with van der Waals surface area (Å²) in [6.07, 6.45) is 1.20. The van der Waals surface area contributed by atoms with E-state index in [1.54, 1.807) is 0 Å². The fourth-order valence-corrected chi connectivity index (χ4v) is 4.37. The van der Waals surface area contributed by atoms with Gasteiger partial charge in [0.15, 0.2) is 0 Å². The predicted octanol–water partition coefficient (Wildman–Crippen LogP) is 4.84. The van der Waals surface area contributed by atoms with Crippen molar-refractivity contribution in [3.05, 3.63) is 82.9 Å². The molecule has 3 aromatic rings. The summed E-state index contributed by atoms with van der Waals surface area (Å²) in [5.41, 5.74) is 5.53. The summed E-state index contributed by atoms with van der Waals surface area (Å²) in [6.45, 7) is 8.81. The Kier molecular flexibility index (Phi) is 5.05. The van der Waals surface area contributed by atoms with E-state index in [1.165, 1.54) is 39.4 Å². The molecule has 2 nitrogen and oxygen atoms in total. The van der Waals surface area contributed by atoms with Gasteiger partial charge >= 0.3 is 0 Å². The van der Waals surface area contributed by atoms with Crippen LogP contribution in [0.15, 0.2) is 60.7 Å². The molecule has 0 amide bonds. The Morgan fingerprint density at radius 2 is 1.62 bits per heavy atom. The van der Waals surface area contributed by atoms with Crippen molar-refractivity contribution in [1.29, 1.82) is 0 Å². The van der Waals surface area contributed by atoms with Gasteiger partial charge in [0, 0.05) is 19.6 Å². The summed E-state index contributed by atoms with van der Waals surface area (Å²) in [5, 5.41) is 6.25. The largest absolute Gasteiger partial charge is 0.315 e. The van der Waals surface area contributed by atoms with Crippen molar-refractivity contribution in [3.8, 4) is 0 Å². The van der Waals surface area contributed by atoms with E-state index in [9.17, 15) is 0 Å². The summed E-state index contributed by atoms with van der Waals surface area (Å²) < 4.78 is 0. The lowest BCUT2D eigenvalue weighted by atomic mass is 9.90. The lowest BCUT2D eigenvalue weighted by molar-refractivity contribution is 0.242. The van der Waals surface area contributed by atoms with Gasteiger partial charge in [-0.2, -0.15) is 0 Å². The van der Waals surface area contributed by atoms with E-state index in [0.717, 1.165) is 26.2 Å². The van der Waals surface area contributed by atoms with E-state index in [1.807, 2.05) is 0 Å². The molecule has 1 atom stereocenters. The van der Waals surface area contributed by atoms with E-state index in [0.29, 0.717) is 6.04 Å². The van der Waals surface area contributed by atoms with E-state index in [4.69, 9.17) is 0 Å². The second-order valence-corrected chi connectivity index (χ2v) is 7.53. The molecular weight excluding hydrogens is 316 g/mol. The molecule has 0 bridgehead atoms. The first kappa shape index (κ1) is 17.3. The van der Waals surface area contributed by atoms with Gasteiger partial charge in [0.25, 0.3) is 0 Å². The van der Waals surface area contributed by atoms with E-state index < -0.39 is 0 Å². The van der Waals surface area contributed by atoms with Gasteiger partial charge in [-0.3, -0.25) is 4.90 Å². The van der Waals surface area contributed by atoms with Crippen LogP contribution in [0.1, 0.15) is 34.7 Å². The van der Waals surface area contributed by atoms with Crippen molar-refractivity contribution in [1.82, 2.24) is 10.2 Å². The van der Waals surface area contributed by atoms with E-state index >= 15 is 0 Å². The molecule has 0 spiro atoms. The Balaban J connectivity index is 1.89. The van der Waals surface area contributed by atoms with Crippen LogP contribution in [-0.4, -0.2) is 31.1 Å². The SMILES string of the molecule is Cc1cc(C)cc(C(c2cccc3ccccc23)N2CCCNCC2)c1. The van der Waals surface area contributed by atoms with Crippen LogP contribution < -0.4 is 5.32 Å². The van der Waals surface area contributed by atoms with Crippen LogP contribution >= 0.6 is 0 Å². The number of hydrogen-bond acceptors (Lipinski definition) is 2. The maximum absolute atomic E-state index is 3.55. The predicted molar refractivity (Wildman–Crippen MR) is 111 cm³/mol. The third-order valence-corrected chi connectivity index (χ3v) is 5.42. The van der Waals surface area contributed by atoms with Crippen LogP contribution in [0.3, 0.4) is 0 Å². The van der Waals surface area contributed by atoms with Gasteiger partial charge < -0.3 is 5.32 Å². The van der Waals surface area contributed by atoms with Crippen LogP contribution in [0.5, 0.6) is 0 Å². The number of nitrogens with zero attached hydrogens (tertiary/aromatic N) is 1. The molecule has 0 aromatic heterocycles. The molecule has 1 aliphatic heterocycles. The first-order valence-corrected chi connectivity index (χ1v) is 9.73. The van der Waals surface area contributed by atoms with E-state index in [2.05, 4.69) is 84.7 Å². The summed E-state index contributed by atoms with van der Waals surface area (Å²) in [5.74, 6) is 0. The van der Waals surface area contributed by atoms with Crippen LogP contribution in [0, 0.1) is 13.8 Å². The molecule has 1 saturated heterocycles. The number of aryl methyl sites for hydroxylation is 2. The standard InChI is InChI=1S/C24H28N2/c1-18-15-19(2)17-21(16-18)24(26-13-6-11-25-12-14-26)23-10-5-8-20-7-3-4-9-22(20)23/h3-5,7-10,15-17,24-25H,6,11-14H2,1-2H3. The quantitative estimate of drug-likeness (QED) is 0.731. The molecule has 0 radical (unpaired) electrons. The van der Waals surface area contributed by atoms with Crippen molar-refractivity contribution >= 4 is 10.8 Å². The maximum atomic E-state index is 3.55. The molecule has 1 unspecified atom stereocenters. The smallest absolute Gasteiger partial charge is 0.0608 e. The monoisotopic (exact) mass is 344 g/mol. The zero-order valence-corrected chi connectivity index (χ0v) is 15.8. The van der Waals surface area contributed by atoms with Gasteiger partial charge in [-0.25, -0.2) is 0 Å². The Labute approximate surface area is 156 Å². The van der Waals surface area contributed by atoms with Gasteiger partial charge in [0.1, 0.15) is 0 Å². The summed E-state index contributed by atoms with van der Waals surface area (Å²) in [7, 11) is 0. The number of nitrogens with one attached hydrogen (secondary N) is 1. The number of benzene rings is 3. The average molecular weight is 345 g/mol. The van der Waals surface area contributed by atoms with Crippen molar-refractivity contribution in [2.75, 3.05) is 26.2 Å². The van der Waals surface area contributed by atoms with Crippen molar-refractivity contribution in [2.24, 2.45) is 0 Å². The van der Waals surface area contributed by atoms with Crippen molar-refractivity contribution < 1.29 is 0 Å². The first-order chi connectivity index (χ1) is 12.7. The van der Waals surface area contributed by atoms with E-state index in [-0.39, 0.29) is 0 Å². The highest BCUT2D eigenvalue weighted by molar-refractivity contribution is 5.86. The number of hydrogen-bond donors (Lipinski definition) is 1. The average Bonchev–Trinajstić information content (AvgIpc) is 2.91. The molecule has 2 heteroatoms. The molecule has 4 rings (SSSR count). The normalized spacial score (nSPS) is 17.2. The zero-order valence-electron chi connectivity index (χ0n) is 15.8. The Morgan fingerprint density at radius 1 is 0.846 bits per heavy atom. The zero-order chi connectivity index (χ0) is 17.9. The highest BCUT2D eigenvalue weighted by Crippen LogP contribution is 2.34. The van der Waals surface area contributed by atoms with Crippen molar-refractivity contribution in [2.45, 2.75) is 26.3 Å². The molecule has 0 aliphatic carbocycles. The highest BCUT2D eigenvalue weighted by Gasteiger charge is 2.25. The number of rotatable bonds is 3. The Bertz CT molecular complexity index is 866. The third kappa shape index (κ3) is 3.53. The van der Waals surface area contributed by atoms with Gasteiger partial charge in [0.05, 0.1) is 6.04 Å². The molecule has 1 N–H and O–H groups in total. The van der Waals surface area contributed by atoms with Crippen LogP contribution in [-0.2, 0) is 0 Å². The van der Waals surface area contributed by atoms with Gasteiger partial charge in [-0.15, -0.1) is 0 Å². The molecule has 0 saturated carbocycles. The molecule has 134 valence electrons. The minimum Gasteiger partial charge on any atom is -0.315 e. The molecule has 1 aliphatic rings. The van der Waals surface area contributed by atoms with Crippen molar-refractivity contribution in [3.63, 3.8) is 0 Å². The molecular formula is C24H28N2. The lowest BCUT2D eigenvalue weighted by Crippen LogP contribution is -2.33. The van der Waals surface area contributed by atoms with Crippen LogP contribution in [0.2, 0.25) is 0 Å².